The van der Waals surface area contributed by atoms with Gasteiger partial charge in [-0.15, -0.1) is 0 Å². The lowest BCUT2D eigenvalue weighted by atomic mass is 9.90. The number of aromatic nitrogens is 2. The van der Waals surface area contributed by atoms with Crippen molar-refractivity contribution in [2.24, 2.45) is 0 Å². The van der Waals surface area contributed by atoms with E-state index in [1.54, 1.807) is 4.90 Å². The smallest absolute Gasteiger partial charge is 0.256 e. The summed E-state index contributed by atoms with van der Waals surface area (Å²) in [5, 5.41) is 12.7. The number of anilines is 2. The minimum absolute atomic E-state index is 0.137. The van der Waals surface area contributed by atoms with Crippen LogP contribution in [0.4, 0.5) is 11.5 Å². The summed E-state index contributed by atoms with van der Waals surface area (Å²) in [6.07, 6.45) is 2.47. The first-order valence-electron chi connectivity index (χ1n) is 19.3. The van der Waals surface area contributed by atoms with Gasteiger partial charge in [0.2, 0.25) is 11.8 Å². The Balaban J connectivity index is 0.777. The Bertz CT molecular complexity index is 2000. The van der Waals surface area contributed by atoms with Crippen LogP contribution in [0.1, 0.15) is 76.0 Å². The molecule has 8 rings (SSSR count). The number of fused-ring (bicyclic) bond motifs is 1. The van der Waals surface area contributed by atoms with Gasteiger partial charge in [0.15, 0.2) is 11.9 Å². The third-order valence-corrected chi connectivity index (χ3v) is 11.7. The lowest BCUT2D eigenvalue weighted by Gasteiger charge is -2.43. The van der Waals surface area contributed by atoms with Gasteiger partial charge in [-0.05, 0) is 60.2 Å². The SMILES string of the molecule is CO[C@@H](C(=O)N1Cc2[nH]nc(NC(=O)c3ccc(N4CCC(N5CCN(Cc6ccc(C7CCC(=O)NC7=O)cc6)CC5)CC4)cc3)c2C1)c1ccccc1. The number of aromatic amines is 1. The monoisotopic (exact) mass is 744 g/mol. The first-order valence-corrected chi connectivity index (χ1v) is 19.3. The van der Waals surface area contributed by atoms with E-state index < -0.39 is 6.10 Å². The van der Waals surface area contributed by atoms with Crippen molar-refractivity contribution in [3.05, 3.63) is 112 Å². The van der Waals surface area contributed by atoms with Gasteiger partial charge in [-0.3, -0.25) is 39.4 Å². The number of H-pyrrole nitrogens is 1. The van der Waals surface area contributed by atoms with Crippen molar-refractivity contribution >= 4 is 35.1 Å². The zero-order valence-electron chi connectivity index (χ0n) is 31.2. The molecule has 13 nitrogen and oxygen atoms in total. The molecule has 4 aromatic rings. The fourth-order valence-electron chi connectivity index (χ4n) is 8.48. The standard InChI is InChI=1S/C42H48N8O5/c1-55-38(30-5-3-2-4-6-30)42(54)50-26-35-36(27-50)45-46-39(35)44-40(52)31-11-13-32(14-12-31)48-19-17-33(18-20-48)49-23-21-47(22-24-49)25-28-7-9-29(10-8-28)34-15-16-37(51)43-41(34)53/h2-14,33-34,38H,15-27H2,1H3,(H,43,51,53)(H2,44,45,46,52)/t34?,38-/m1/s1. The van der Waals surface area contributed by atoms with Gasteiger partial charge in [-0.2, -0.15) is 5.10 Å². The van der Waals surface area contributed by atoms with E-state index in [1.165, 1.54) is 12.7 Å². The summed E-state index contributed by atoms with van der Waals surface area (Å²) >= 11 is 0. The molecule has 3 saturated heterocycles. The number of amides is 4. The molecular weight excluding hydrogens is 697 g/mol. The molecule has 3 N–H and O–H groups in total. The number of piperidine rings is 2. The Morgan fingerprint density at radius 3 is 2.29 bits per heavy atom. The zero-order chi connectivity index (χ0) is 37.9. The summed E-state index contributed by atoms with van der Waals surface area (Å²) in [4.78, 5) is 59.7. The van der Waals surface area contributed by atoms with Crippen LogP contribution >= 0.6 is 0 Å². The summed E-state index contributed by atoms with van der Waals surface area (Å²) < 4.78 is 5.56. The van der Waals surface area contributed by atoms with Crippen LogP contribution in [0.5, 0.6) is 0 Å². The normalized spacial score (nSPS) is 20.3. The number of piperazine rings is 1. The fraction of sp³-hybridized carbons (Fsp3) is 0.405. The number of carbonyl (C=O) groups is 4. The van der Waals surface area contributed by atoms with Crippen LogP contribution in [-0.2, 0) is 38.8 Å². The molecule has 0 spiro atoms. The Hall–Kier alpha value is -5.37. The van der Waals surface area contributed by atoms with Crippen molar-refractivity contribution in [1.29, 1.82) is 0 Å². The summed E-state index contributed by atoms with van der Waals surface area (Å²) in [5.41, 5.74) is 6.30. The van der Waals surface area contributed by atoms with Gasteiger partial charge in [0, 0.05) is 82.2 Å². The molecule has 1 unspecified atom stereocenters. The molecule has 0 aliphatic carbocycles. The number of carbonyl (C=O) groups excluding carboxylic acids is 4. The second kappa shape index (κ2) is 16.2. The Morgan fingerprint density at radius 2 is 1.60 bits per heavy atom. The second-order valence-corrected chi connectivity index (χ2v) is 15.0. The molecule has 0 radical (unpaired) electrons. The van der Waals surface area contributed by atoms with Gasteiger partial charge < -0.3 is 19.9 Å². The quantitative estimate of drug-likeness (QED) is 0.204. The number of hydrogen-bond donors (Lipinski definition) is 3. The van der Waals surface area contributed by atoms with E-state index in [2.05, 4.69) is 47.7 Å². The summed E-state index contributed by atoms with van der Waals surface area (Å²) in [6.45, 7) is 7.70. The molecule has 4 aliphatic heterocycles. The summed E-state index contributed by atoms with van der Waals surface area (Å²) in [6, 6.07) is 26.1. The third kappa shape index (κ3) is 8.05. The summed E-state index contributed by atoms with van der Waals surface area (Å²) in [7, 11) is 1.54. The number of ether oxygens (including phenoxy) is 1. The van der Waals surface area contributed by atoms with Gasteiger partial charge >= 0.3 is 0 Å². The number of rotatable bonds is 10. The molecule has 5 heterocycles. The molecule has 0 saturated carbocycles. The van der Waals surface area contributed by atoms with E-state index in [-0.39, 0.29) is 29.5 Å². The second-order valence-electron chi connectivity index (χ2n) is 15.0. The highest BCUT2D eigenvalue weighted by Gasteiger charge is 2.34. The van der Waals surface area contributed by atoms with E-state index in [1.807, 2.05) is 66.7 Å². The van der Waals surface area contributed by atoms with Crippen LogP contribution in [-0.4, -0.2) is 101 Å². The van der Waals surface area contributed by atoms with Crippen molar-refractivity contribution < 1.29 is 23.9 Å². The molecule has 0 bridgehead atoms. The maximum Gasteiger partial charge on any atom is 0.256 e. The Kier molecular flexibility index (Phi) is 10.8. The van der Waals surface area contributed by atoms with Crippen LogP contribution in [0.3, 0.4) is 0 Å². The lowest BCUT2D eigenvalue weighted by Crippen LogP contribution is -2.53. The summed E-state index contributed by atoms with van der Waals surface area (Å²) in [5.74, 6) is -0.557. The van der Waals surface area contributed by atoms with Crippen LogP contribution < -0.4 is 15.5 Å². The van der Waals surface area contributed by atoms with Crippen molar-refractivity contribution in [3.8, 4) is 0 Å². The van der Waals surface area contributed by atoms with Gasteiger partial charge in [0.05, 0.1) is 24.7 Å². The largest absolute Gasteiger partial charge is 0.371 e. The zero-order valence-corrected chi connectivity index (χ0v) is 31.2. The molecule has 3 aromatic carbocycles. The minimum atomic E-state index is -0.700. The molecule has 2 atom stereocenters. The Labute approximate surface area is 321 Å². The molecule has 4 aliphatic rings. The number of nitrogens with zero attached hydrogens (tertiary/aromatic N) is 5. The first-order chi connectivity index (χ1) is 26.8. The van der Waals surface area contributed by atoms with Crippen molar-refractivity contribution in [1.82, 2.24) is 30.2 Å². The molecule has 3 fully saturated rings. The molecule has 1 aromatic heterocycles. The van der Waals surface area contributed by atoms with Crippen LogP contribution in [0.25, 0.3) is 0 Å². The van der Waals surface area contributed by atoms with Crippen LogP contribution in [0.15, 0.2) is 78.9 Å². The minimum Gasteiger partial charge on any atom is -0.371 e. The lowest BCUT2D eigenvalue weighted by molar-refractivity contribution is -0.143. The van der Waals surface area contributed by atoms with E-state index in [4.69, 9.17) is 4.74 Å². The molecule has 55 heavy (non-hydrogen) atoms. The average molecular weight is 745 g/mol. The van der Waals surface area contributed by atoms with Crippen molar-refractivity contribution in [2.75, 3.05) is 56.6 Å². The van der Waals surface area contributed by atoms with Gasteiger partial charge in [0.1, 0.15) is 0 Å². The topological polar surface area (TPSA) is 143 Å². The number of benzene rings is 3. The van der Waals surface area contributed by atoms with Crippen molar-refractivity contribution in [2.45, 2.75) is 63.4 Å². The number of methoxy groups -OCH3 is 1. The van der Waals surface area contributed by atoms with Gasteiger partial charge in [-0.1, -0.05) is 54.6 Å². The highest BCUT2D eigenvalue weighted by molar-refractivity contribution is 6.04. The first kappa shape index (κ1) is 36.6. The number of hydrogen-bond acceptors (Lipinski definition) is 9. The van der Waals surface area contributed by atoms with Gasteiger partial charge in [0.25, 0.3) is 11.8 Å². The predicted octanol–water partition coefficient (Wildman–Crippen LogP) is 4.20. The number of imide groups is 1. The number of nitrogens with one attached hydrogen (secondary N) is 3. The van der Waals surface area contributed by atoms with Crippen LogP contribution in [0, 0.1) is 0 Å². The third-order valence-electron chi connectivity index (χ3n) is 11.7. The Morgan fingerprint density at radius 1 is 0.873 bits per heavy atom. The molecular formula is C42H48N8O5. The molecule has 286 valence electrons. The highest BCUT2D eigenvalue weighted by Crippen LogP contribution is 2.31. The van der Waals surface area contributed by atoms with Crippen molar-refractivity contribution in [3.63, 3.8) is 0 Å². The molecule has 13 heteroatoms. The van der Waals surface area contributed by atoms with E-state index in [9.17, 15) is 19.2 Å². The van der Waals surface area contributed by atoms with E-state index in [0.29, 0.717) is 43.4 Å². The van der Waals surface area contributed by atoms with E-state index in [0.717, 1.165) is 86.7 Å². The van der Waals surface area contributed by atoms with Crippen LogP contribution in [0.2, 0.25) is 0 Å². The molecule has 4 amide bonds. The highest BCUT2D eigenvalue weighted by atomic mass is 16.5. The maximum absolute atomic E-state index is 13.3. The maximum atomic E-state index is 13.3. The van der Waals surface area contributed by atoms with Gasteiger partial charge in [-0.25, -0.2) is 0 Å². The van der Waals surface area contributed by atoms with E-state index >= 15 is 0 Å². The predicted molar refractivity (Wildman–Crippen MR) is 207 cm³/mol. The average Bonchev–Trinajstić information content (AvgIpc) is 3.81. The fourth-order valence-corrected chi connectivity index (χ4v) is 8.48.